The normalized spacial score (nSPS) is 40.1. The van der Waals surface area contributed by atoms with Crippen LogP contribution in [-0.4, -0.2) is 6.29 Å². The third-order valence-electron chi connectivity index (χ3n) is 5.09. The zero-order chi connectivity index (χ0) is 11.8. The van der Waals surface area contributed by atoms with Crippen molar-refractivity contribution in [1.29, 1.82) is 0 Å². The highest BCUT2D eigenvalue weighted by Crippen LogP contribution is 2.56. The van der Waals surface area contributed by atoms with E-state index in [1.165, 1.54) is 25.7 Å². The second-order valence-electron chi connectivity index (χ2n) is 6.09. The number of carbonyl (C=O) groups is 1. The quantitative estimate of drug-likeness (QED) is 0.519. The van der Waals surface area contributed by atoms with Crippen molar-refractivity contribution in [2.45, 2.75) is 52.9 Å². The van der Waals surface area contributed by atoms with Crippen molar-refractivity contribution < 1.29 is 4.79 Å². The molecule has 1 fully saturated rings. The molecule has 4 atom stereocenters. The number of rotatable bonds is 3. The molecule has 16 heavy (non-hydrogen) atoms. The van der Waals surface area contributed by atoms with Gasteiger partial charge in [0.05, 0.1) is 0 Å². The van der Waals surface area contributed by atoms with E-state index in [1.807, 2.05) is 0 Å². The van der Waals surface area contributed by atoms with Gasteiger partial charge in [0, 0.05) is 6.42 Å². The molecular weight excluding hydrogens is 196 g/mol. The van der Waals surface area contributed by atoms with E-state index in [9.17, 15) is 4.79 Å². The van der Waals surface area contributed by atoms with E-state index in [1.54, 1.807) is 5.57 Å². The SMILES string of the molecule is CC1CCC[C@]2(C)C([C@H](C)CC=O)=CCC12. The van der Waals surface area contributed by atoms with Crippen molar-refractivity contribution in [1.82, 2.24) is 0 Å². The zero-order valence-electron chi connectivity index (χ0n) is 10.8. The molecule has 0 aliphatic heterocycles. The van der Waals surface area contributed by atoms with Crippen LogP contribution in [0.15, 0.2) is 11.6 Å². The lowest BCUT2D eigenvalue weighted by Gasteiger charge is -2.44. The van der Waals surface area contributed by atoms with Crippen LogP contribution in [0.1, 0.15) is 52.9 Å². The van der Waals surface area contributed by atoms with Gasteiger partial charge in [-0.3, -0.25) is 0 Å². The third-order valence-corrected chi connectivity index (χ3v) is 5.09. The largest absolute Gasteiger partial charge is 0.303 e. The van der Waals surface area contributed by atoms with Gasteiger partial charge in [0.15, 0.2) is 0 Å². The summed E-state index contributed by atoms with van der Waals surface area (Å²) in [5.74, 6) is 2.15. The van der Waals surface area contributed by atoms with Gasteiger partial charge < -0.3 is 4.79 Å². The first-order valence-electron chi connectivity index (χ1n) is 6.73. The monoisotopic (exact) mass is 220 g/mol. The second kappa shape index (κ2) is 4.35. The average Bonchev–Trinajstić information content (AvgIpc) is 2.57. The minimum atomic E-state index is 0.403. The molecule has 0 aromatic heterocycles. The van der Waals surface area contributed by atoms with Gasteiger partial charge in [-0.15, -0.1) is 0 Å². The minimum absolute atomic E-state index is 0.403. The summed E-state index contributed by atoms with van der Waals surface area (Å²) in [6, 6.07) is 0. The van der Waals surface area contributed by atoms with E-state index in [0.717, 1.165) is 18.1 Å². The number of hydrogen-bond acceptors (Lipinski definition) is 1. The van der Waals surface area contributed by atoms with Gasteiger partial charge in [-0.05, 0) is 36.0 Å². The van der Waals surface area contributed by atoms with Crippen LogP contribution in [0.3, 0.4) is 0 Å². The van der Waals surface area contributed by atoms with Crippen LogP contribution in [0.4, 0.5) is 0 Å². The molecule has 0 aromatic rings. The highest BCUT2D eigenvalue weighted by atomic mass is 16.1. The predicted molar refractivity (Wildman–Crippen MR) is 67.2 cm³/mol. The Labute approximate surface area is 99.3 Å². The van der Waals surface area contributed by atoms with Crippen LogP contribution in [0.2, 0.25) is 0 Å². The molecule has 0 spiro atoms. The van der Waals surface area contributed by atoms with Crippen molar-refractivity contribution in [3.63, 3.8) is 0 Å². The van der Waals surface area contributed by atoms with Crippen LogP contribution in [0, 0.1) is 23.2 Å². The van der Waals surface area contributed by atoms with Gasteiger partial charge >= 0.3 is 0 Å². The first-order valence-corrected chi connectivity index (χ1v) is 6.73. The Morgan fingerprint density at radius 1 is 1.62 bits per heavy atom. The summed E-state index contributed by atoms with van der Waals surface area (Å²) in [6.07, 6.45) is 9.55. The van der Waals surface area contributed by atoms with E-state index in [4.69, 9.17) is 0 Å². The maximum atomic E-state index is 10.7. The molecule has 0 radical (unpaired) electrons. The Balaban J connectivity index is 2.19. The topological polar surface area (TPSA) is 17.1 Å². The molecule has 0 N–H and O–H groups in total. The molecule has 2 aliphatic rings. The van der Waals surface area contributed by atoms with E-state index in [0.29, 0.717) is 17.8 Å². The minimum Gasteiger partial charge on any atom is -0.303 e. The molecule has 2 unspecified atom stereocenters. The summed E-state index contributed by atoms with van der Waals surface area (Å²) in [4.78, 5) is 10.7. The standard InChI is InChI=1S/C15H24O/c1-11-5-4-9-15(3)13(11)6-7-14(15)12(2)8-10-16/h7,10-13H,4-6,8-9H2,1-3H3/t11?,12-,13?,15+/m1/s1. The van der Waals surface area contributed by atoms with Crippen molar-refractivity contribution >= 4 is 6.29 Å². The summed E-state index contributed by atoms with van der Waals surface area (Å²) in [6.45, 7) is 7.06. The Morgan fingerprint density at radius 2 is 2.38 bits per heavy atom. The Bertz CT molecular complexity index is 305. The number of hydrogen-bond donors (Lipinski definition) is 0. The summed E-state index contributed by atoms with van der Waals surface area (Å²) in [5.41, 5.74) is 1.98. The number of fused-ring (bicyclic) bond motifs is 1. The van der Waals surface area contributed by atoms with Gasteiger partial charge in [-0.25, -0.2) is 0 Å². The van der Waals surface area contributed by atoms with E-state index in [2.05, 4.69) is 26.8 Å². The number of aldehydes is 1. The molecule has 1 saturated carbocycles. The predicted octanol–water partition coefficient (Wildman–Crippen LogP) is 3.98. The maximum Gasteiger partial charge on any atom is 0.120 e. The molecular formula is C15H24O. The Hall–Kier alpha value is -0.590. The van der Waals surface area contributed by atoms with Crippen LogP contribution in [0.5, 0.6) is 0 Å². The molecule has 1 heteroatoms. The van der Waals surface area contributed by atoms with Crippen molar-refractivity contribution in [3.05, 3.63) is 11.6 Å². The second-order valence-corrected chi connectivity index (χ2v) is 6.09. The molecule has 0 bridgehead atoms. The van der Waals surface area contributed by atoms with Gasteiger partial charge in [0.1, 0.15) is 6.29 Å². The Kier molecular flexibility index (Phi) is 3.23. The van der Waals surface area contributed by atoms with Crippen molar-refractivity contribution in [3.8, 4) is 0 Å². The van der Waals surface area contributed by atoms with E-state index >= 15 is 0 Å². The lowest BCUT2D eigenvalue weighted by molar-refractivity contribution is -0.108. The van der Waals surface area contributed by atoms with Gasteiger partial charge in [0.2, 0.25) is 0 Å². The van der Waals surface area contributed by atoms with E-state index < -0.39 is 0 Å². The molecule has 2 rings (SSSR count). The molecule has 0 amide bonds. The fourth-order valence-electron chi connectivity index (χ4n) is 4.18. The number of allylic oxidation sites excluding steroid dienone is 2. The molecule has 90 valence electrons. The number of carbonyl (C=O) groups excluding carboxylic acids is 1. The molecule has 0 saturated heterocycles. The maximum absolute atomic E-state index is 10.7. The summed E-state index contributed by atoms with van der Waals surface area (Å²) in [5, 5.41) is 0. The van der Waals surface area contributed by atoms with E-state index in [-0.39, 0.29) is 0 Å². The van der Waals surface area contributed by atoms with Crippen LogP contribution in [0.25, 0.3) is 0 Å². The first kappa shape index (κ1) is 11.9. The summed E-state index contributed by atoms with van der Waals surface area (Å²) in [7, 11) is 0. The highest BCUT2D eigenvalue weighted by molar-refractivity contribution is 5.51. The average molecular weight is 220 g/mol. The van der Waals surface area contributed by atoms with Gasteiger partial charge in [0.25, 0.3) is 0 Å². The third kappa shape index (κ3) is 1.74. The zero-order valence-corrected chi connectivity index (χ0v) is 10.8. The molecule has 0 heterocycles. The molecule has 1 nitrogen and oxygen atoms in total. The first-order chi connectivity index (χ1) is 7.59. The fourth-order valence-corrected chi connectivity index (χ4v) is 4.18. The molecule has 0 aromatic carbocycles. The summed E-state index contributed by atoms with van der Waals surface area (Å²) >= 11 is 0. The van der Waals surface area contributed by atoms with Crippen molar-refractivity contribution in [2.24, 2.45) is 23.2 Å². The highest BCUT2D eigenvalue weighted by Gasteiger charge is 2.46. The van der Waals surface area contributed by atoms with Crippen molar-refractivity contribution in [2.75, 3.05) is 0 Å². The van der Waals surface area contributed by atoms with Crippen LogP contribution < -0.4 is 0 Å². The van der Waals surface area contributed by atoms with Crippen LogP contribution >= 0.6 is 0 Å². The Morgan fingerprint density at radius 3 is 3.06 bits per heavy atom. The smallest absolute Gasteiger partial charge is 0.120 e. The lowest BCUT2D eigenvalue weighted by atomic mass is 9.60. The van der Waals surface area contributed by atoms with Gasteiger partial charge in [-0.2, -0.15) is 0 Å². The van der Waals surface area contributed by atoms with Crippen LogP contribution in [-0.2, 0) is 4.79 Å². The summed E-state index contributed by atoms with van der Waals surface area (Å²) < 4.78 is 0. The van der Waals surface area contributed by atoms with Gasteiger partial charge in [-0.1, -0.05) is 45.3 Å². The molecule has 2 aliphatic carbocycles. The fraction of sp³-hybridized carbons (Fsp3) is 0.800. The lowest BCUT2D eigenvalue weighted by Crippen LogP contribution is -2.35.